The van der Waals surface area contributed by atoms with Crippen LogP contribution >= 0.6 is 0 Å². The van der Waals surface area contributed by atoms with Gasteiger partial charge in [0.25, 0.3) is 0 Å². The minimum Gasteiger partial charge on any atom is -0.383 e. The Kier molecular flexibility index (Phi) is 6.22. The van der Waals surface area contributed by atoms with Crippen LogP contribution in [0.15, 0.2) is 0 Å². The average Bonchev–Trinajstić information content (AvgIpc) is 2.72. The molecule has 1 fully saturated rings. The lowest BCUT2D eigenvalue weighted by Crippen LogP contribution is -2.43. The Morgan fingerprint density at radius 3 is 3.00 bits per heavy atom. The van der Waals surface area contributed by atoms with E-state index < -0.39 is 0 Å². The predicted molar refractivity (Wildman–Crippen MR) is 64.2 cm³/mol. The SMILES string of the molecule is CCC1CCCN1C(C)CNCCOC. The van der Waals surface area contributed by atoms with Crippen LogP contribution in [0.2, 0.25) is 0 Å². The molecular weight excluding hydrogens is 188 g/mol. The summed E-state index contributed by atoms with van der Waals surface area (Å²) in [5, 5.41) is 3.44. The standard InChI is InChI=1S/C12H26N2O/c1-4-12-6-5-8-14(12)11(2)10-13-7-9-15-3/h11-13H,4-10H2,1-3H3. The maximum atomic E-state index is 5.02. The summed E-state index contributed by atoms with van der Waals surface area (Å²) in [5.74, 6) is 0. The minimum atomic E-state index is 0.661. The van der Waals surface area contributed by atoms with Crippen LogP contribution in [-0.2, 0) is 4.74 Å². The van der Waals surface area contributed by atoms with Crippen LogP contribution in [0, 0.1) is 0 Å². The molecule has 3 heteroatoms. The van der Waals surface area contributed by atoms with E-state index in [2.05, 4.69) is 24.1 Å². The van der Waals surface area contributed by atoms with Crippen LogP contribution in [0.5, 0.6) is 0 Å². The van der Waals surface area contributed by atoms with E-state index in [4.69, 9.17) is 4.74 Å². The zero-order valence-corrected chi connectivity index (χ0v) is 10.5. The van der Waals surface area contributed by atoms with Gasteiger partial charge in [0.15, 0.2) is 0 Å². The van der Waals surface area contributed by atoms with Crippen molar-refractivity contribution in [1.29, 1.82) is 0 Å². The van der Waals surface area contributed by atoms with E-state index in [0.29, 0.717) is 6.04 Å². The average molecular weight is 214 g/mol. The second-order valence-corrected chi connectivity index (χ2v) is 4.49. The molecular formula is C12H26N2O. The highest BCUT2D eigenvalue weighted by Gasteiger charge is 2.26. The lowest BCUT2D eigenvalue weighted by Gasteiger charge is -2.30. The highest BCUT2D eigenvalue weighted by molar-refractivity contribution is 4.82. The topological polar surface area (TPSA) is 24.5 Å². The van der Waals surface area contributed by atoms with Gasteiger partial charge in [-0.1, -0.05) is 6.92 Å². The third-order valence-corrected chi connectivity index (χ3v) is 3.38. The van der Waals surface area contributed by atoms with E-state index in [1.54, 1.807) is 7.11 Å². The van der Waals surface area contributed by atoms with Crippen LogP contribution in [0.1, 0.15) is 33.1 Å². The molecule has 1 rings (SSSR count). The first-order valence-corrected chi connectivity index (χ1v) is 6.25. The third-order valence-electron chi connectivity index (χ3n) is 3.38. The van der Waals surface area contributed by atoms with Crippen molar-refractivity contribution in [2.24, 2.45) is 0 Å². The highest BCUT2D eigenvalue weighted by atomic mass is 16.5. The van der Waals surface area contributed by atoms with Gasteiger partial charge in [0.05, 0.1) is 6.61 Å². The molecule has 1 saturated heterocycles. The van der Waals surface area contributed by atoms with Gasteiger partial charge in [0, 0.05) is 32.3 Å². The number of hydrogen-bond acceptors (Lipinski definition) is 3. The monoisotopic (exact) mass is 214 g/mol. The lowest BCUT2D eigenvalue weighted by atomic mass is 10.1. The van der Waals surface area contributed by atoms with Gasteiger partial charge in [-0.25, -0.2) is 0 Å². The Bertz CT molecular complexity index is 164. The summed E-state index contributed by atoms with van der Waals surface area (Å²) < 4.78 is 5.02. The molecule has 0 aliphatic carbocycles. The Hall–Kier alpha value is -0.120. The molecule has 3 nitrogen and oxygen atoms in total. The zero-order chi connectivity index (χ0) is 11.1. The molecule has 0 spiro atoms. The fraction of sp³-hybridized carbons (Fsp3) is 1.00. The van der Waals surface area contributed by atoms with Gasteiger partial charge < -0.3 is 10.1 Å². The number of methoxy groups -OCH3 is 1. The first kappa shape index (κ1) is 12.9. The number of rotatable bonds is 7. The maximum absolute atomic E-state index is 5.02. The minimum absolute atomic E-state index is 0.661. The summed E-state index contributed by atoms with van der Waals surface area (Å²) in [6, 6.07) is 1.48. The van der Waals surface area contributed by atoms with Gasteiger partial charge in [0.2, 0.25) is 0 Å². The molecule has 0 aromatic rings. The molecule has 0 aromatic carbocycles. The molecule has 2 atom stereocenters. The predicted octanol–water partition coefficient (Wildman–Crippen LogP) is 1.49. The smallest absolute Gasteiger partial charge is 0.0587 e. The molecule has 2 unspecified atom stereocenters. The fourth-order valence-corrected chi connectivity index (χ4v) is 2.48. The summed E-state index contributed by atoms with van der Waals surface area (Å²) in [5.41, 5.74) is 0. The molecule has 0 radical (unpaired) electrons. The summed E-state index contributed by atoms with van der Waals surface area (Å²) in [6.45, 7) is 8.77. The largest absolute Gasteiger partial charge is 0.383 e. The van der Waals surface area contributed by atoms with E-state index in [-0.39, 0.29) is 0 Å². The first-order valence-electron chi connectivity index (χ1n) is 6.25. The van der Waals surface area contributed by atoms with Crippen LogP contribution in [0.3, 0.4) is 0 Å². The quantitative estimate of drug-likeness (QED) is 0.650. The molecule has 1 aliphatic rings. The summed E-state index contributed by atoms with van der Waals surface area (Å²) in [6.07, 6.45) is 4.06. The molecule has 0 saturated carbocycles. The van der Waals surface area contributed by atoms with Crippen molar-refractivity contribution in [3.05, 3.63) is 0 Å². The number of hydrogen-bond donors (Lipinski definition) is 1. The van der Waals surface area contributed by atoms with Crippen molar-refractivity contribution in [3.8, 4) is 0 Å². The molecule has 15 heavy (non-hydrogen) atoms. The molecule has 1 N–H and O–H groups in total. The van der Waals surface area contributed by atoms with E-state index >= 15 is 0 Å². The Balaban J connectivity index is 2.17. The van der Waals surface area contributed by atoms with Crippen LogP contribution < -0.4 is 5.32 Å². The highest BCUT2D eigenvalue weighted by Crippen LogP contribution is 2.21. The summed E-state index contributed by atoms with van der Waals surface area (Å²) in [4.78, 5) is 2.65. The second-order valence-electron chi connectivity index (χ2n) is 4.49. The van der Waals surface area contributed by atoms with Crippen LogP contribution in [0.25, 0.3) is 0 Å². The number of nitrogens with zero attached hydrogens (tertiary/aromatic N) is 1. The van der Waals surface area contributed by atoms with Gasteiger partial charge in [-0.15, -0.1) is 0 Å². The molecule has 0 amide bonds. The van der Waals surface area contributed by atoms with Crippen molar-refractivity contribution >= 4 is 0 Å². The lowest BCUT2D eigenvalue weighted by molar-refractivity contribution is 0.171. The van der Waals surface area contributed by atoms with Gasteiger partial charge in [-0.3, -0.25) is 4.90 Å². The first-order chi connectivity index (χ1) is 7.29. The Labute approximate surface area is 94.2 Å². The number of nitrogens with one attached hydrogen (secondary N) is 1. The normalized spacial score (nSPS) is 24.6. The third kappa shape index (κ3) is 4.09. The van der Waals surface area contributed by atoms with E-state index in [1.165, 1.54) is 25.8 Å². The van der Waals surface area contributed by atoms with Crippen molar-refractivity contribution < 1.29 is 4.74 Å². The number of ether oxygens (including phenoxy) is 1. The van der Waals surface area contributed by atoms with Gasteiger partial charge >= 0.3 is 0 Å². The van der Waals surface area contributed by atoms with Crippen molar-refractivity contribution in [2.45, 2.75) is 45.2 Å². The van der Waals surface area contributed by atoms with E-state index in [1.807, 2.05) is 0 Å². The summed E-state index contributed by atoms with van der Waals surface area (Å²) in [7, 11) is 1.75. The second kappa shape index (κ2) is 7.20. The Morgan fingerprint density at radius 1 is 1.53 bits per heavy atom. The van der Waals surface area contributed by atoms with E-state index in [0.717, 1.165) is 25.7 Å². The van der Waals surface area contributed by atoms with Gasteiger partial charge in [0.1, 0.15) is 0 Å². The maximum Gasteiger partial charge on any atom is 0.0587 e. The number of likely N-dealkylation sites (tertiary alicyclic amines) is 1. The molecule has 1 heterocycles. The Morgan fingerprint density at radius 2 is 2.33 bits per heavy atom. The molecule has 90 valence electrons. The zero-order valence-electron chi connectivity index (χ0n) is 10.5. The molecule has 0 aromatic heterocycles. The van der Waals surface area contributed by atoms with Crippen LogP contribution in [0.4, 0.5) is 0 Å². The van der Waals surface area contributed by atoms with Gasteiger partial charge in [-0.2, -0.15) is 0 Å². The van der Waals surface area contributed by atoms with Crippen molar-refractivity contribution in [1.82, 2.24) is 10.2 Å². The fourth-order valence-electron chi connectivity index (χ4n) is 2.48. The van der Waals surface area contributed by atoms with Crippen molar-refractivity contribution in [2.75, 3.05) is 33.4 Å². The van der Waals surface area contributed by atoms with E-state index in [9.17, 15) is 0 Å². The molecule has 0 bridgehead atoms. The van der Waals surface area contributed by atoms with Crippen LogP contribution in [-0.4, -0.2) is 50.3 Å². The summed E-state index contributed by atoms with van der Waals surface area (Å²) >= 11 is 0. The van der Waals surface area contributed by atoms with Crippen molar-refractivity contribution in [3.63, 3.8) is 0 Å². The molecule has 1 aliphatic heterocycles. The van der Waals surface area contributed by atoms with Gasteiger partial charge in [-0.05, 0) is 32.7 Å².